The molecule has 0 saturated heterocycles. The van der Waals surface area contributed by atoms with Gasteiger partial charge in [0.2, 0.25) is 11.8 Å². The lowest BCUT2D eigenvalue weighted by molar-refractivity contribution is -0.128. The Labute approximate surface area is 102 Å². The lowest BCUT2D eigenvalue weighted by Crippen LogP contribution is -2.44. The molecule has 94 valence electrons. The number of nitrogens with one attached hydrogen (secondary N) is 2. The van der Waals surface area contributed by atoms with Crippen LogP contribution in [0.25, 0.3) is 0 Å². The minimum absolute atomic E-state index is 0.0933. The third-order valence-electron chi connectivity index (χ3n) is 2.11. The van der Waals surface area contributed by atoms with Crippen molar-refractivity contribution in [1.82, 2.24) is 10.6 Å². The van der Waals surface area contributed by atoms with E-state index >= 15 is 0 Å². The molecule has 0 saturated carbocycles. The van der Waals surface area contributed by atoms with E-state index in [4.69, 9.17) is 11.6 Å². The first-order valence-corrected chi connectivity index (χ1v) is 6.28. The molecule has 0 spiro atoms. The monoisotopic (exact) mass is 248 g/mol. The number of hydrogen-bond acceptors (Lipinski definition) is 2. The van der Waals surface area contributed by atoms with Crippen molar-refractivity contribution < 1.29 is 9.59 Å². The van der Waals surface area contributed by atoms with E-state index in [-0.39, 0.29) is 11.8 Å². The van der Waals surface area contributed by atoms with Crippen molar-refractivity contribution in [2.24, 2.45) is 0 Å². The molecule has 0 bridgehead atoms. The van der Waals surface area contributed by atoms with Crippen LogP contribution < -0.4 is 10.6 Å². The Hall–Kier alpha value is -0.770. The molecule has 4 nitrogen and oxygen atoms in total. The van der Waals surface area contributed by atoms with Crippen molar-refractivity contribution in [3.63, 3.8) is 0 Å². The van der Waals surface area contributed by atoms with E-state index in [1.54, 1.807) is 6.92 Å². The molecule has 0 aliphatic heterocycles. The number of unbranched alkanes of at least 4 members (excludes halogenated alkanes) is 1. The van der Waals surface area contributed by atoms with Gasteiger partial charge >= 0.3 is 0 Å². The summed E-state index contributed by atoms with van der Waals surface area (Å²) in [6.45, 7) is 4.31. The molecule has 0 aromatic carbocycles. The second-order valence-corrected chi connectivity index (χ2v) is 4.10. The molecule has 0 heterocycles. The van der Waals surface area contributed by atoms with E-state index < -0.39 is 6.04 Å². The van der Waals surface area contributed by atoms with Crippen molar-refractivity contribution in [3.05, 3.63) is 0 Å². The van der Waals surface area contributed by atoms with Crippen molar-refractivity contribution in [2.45, 2.75) is 45.6 Å². The highest BCUT2D eigenvalue weighted by molar-refractivity contribution is 6.17. The molecule has 0 rings (SSSR count). The average molecular weight is 249 g/mol. The van der Waals surface area contributed by atoms with Gasteiger partial charge in [0.05, 0.1) is 0 Å². The van der Waals surface area contributed by atoms with Crippen LogP contribution >= 0.6 is 11.6 Å². The van der Waals surface area contributed by atoms with Gasteiger partial charge in [0.25, 0.3) is 0 Å². The summed E-state index contributed by atoms with van der Waals surface area (Å²) in [6.07, 6.45) is 2.91. The van der Waals surface area contributed by atoms with Crippen molar-refractivity contribution in [1.29, 1.82) is 0 Å². The maximum absolute atomic E-state index is 11.4. The highest BCUT2D eigenvalue weighted by Crippen LogP contribution is 1.97. The van der Waals surface area contributed by atoms with Crippen LogP contribution in [0.3, 0.4) is 0 Å². The van der Waals surface area contributed by atoms with Crippen LogP contribution in [0.1, 0.15) is 39.5 Å². The number of amides is 2. The van der Waals surface area contributed by atoms with E-state index in [2.05, 4.69) is 10.6 Å². The molecule has 2 amide bonds. The first kappa shape index (κ1) is 15.2. The summed E-state index contributed by atoms with van der Waals surface area (Å²) in [5.41, 5.74) is 0. The number of carbonyl (C=O) groups is 2. The van der Waals surface area contributed by atoms with Gasteiger partial charge in [0, 0.05) is 18.8 Å². The highest BCUT2D eigenvalue weighted by atomic mass is 35.5. The number of alkyl halides is 1. The Morgan fingerprint density at radius 3 is 2.56 bits per heavy atom. The van der Waals surface area contributed by atoms with Crippen LogP contribution in [0.4, 0.5) is 0 Å². The molecular weight excluding hydrogens is 228 g/mol. The topological polar surface area (TPSA) is 58.2 Å². The SMILES string of the molecule is CCCNC(=O)C(C)NC(=O)CCCCCl. The third kappa shape index (κ3) is 7.51. The highest BCUT2D eigenvalue weighted by Gasteiger charge is 2.14. The Balaban J connectivity index is 3.71. The fraction of sp³-hybridized carbons (Fsp3) is 0.818. The zero-order valence-electron chi connectivity index (χ0n) is 10.0. The molecule has 0 aromatic heterocycles. The normalized spacial score (nSPS) is 11.9. The zero-order valence-corrected chi connectivity index (χ0v) is 10.8. The number of halogens is 1. The van der Waals surface area contributed by atoms with E-state index in [0.29, 0.717) is 18.8 Å². The van der Waals surface area contributed by atoms with Crippen LogP contribution in [0.2, 0.25) is 0 Å². The summed E-state index contributed by atoms with van der Waals surface area (Å²) in [5, 5.41) is 5.38. The summed E-state index contributed by atoms with van der Waals surface area (Å²) in [7, 11) is 0. The molecule has 1 atom stereocenters. The summed E-state index contributed by atoms with van der Waals surface area (Å²) in [6, 6.07) is -0.463. The molecule has 1 unspecified atom stereocenters. The fourth-order valence-corrected chi connectivity index (χ4v) is 1.35. The van der Waals surface area contributed by atoms with E-state index in [0.717, 1.165) is 19.3 Å². The third-order valence-corrected chi connectivity index (χ3v) is 2.37. The summed E-state index contributed by atoms with van der Waals surface area (Å²) in [4.78, 5) is 22.8. The van der Waals surface area contributed by atoms with Gasteiger partial charge in [-0.3, -0.25) is 9.59 Å². The maximum atomic E-state index is 11.4. The fourth-order valence-electron chi connectivity index (χ4n) is 1.16. The molecule has 0 aliphatic rings. The van der Waals surface area contributed by atoms with Gasteiger partial charge in [-0.15, -0.1) is 11.6 Å². The molecule has 0 fully saturated rings. The minimum atomic E-state index is -0.463. The van der Waals surface area contributed by atoms with E-state index in [1.165, 1.54) is 0 Å². The minimum Gasteiger partial charge on any atom is -0.354 e. The van der Waals surface area contributed by atoms with E-state index in [9.17, 15) is 9.59 Å². The molecule has 0 aromatic rings. The van der Waals surface area contributed by atoms with Gasteiger partial charge in [-0.1, -0.05) is 6.92 Å². The van der Waals surface area contributed by atoms with Gasteiger partial charge in [0.15, 0.2) is 0 Å². The van der Waals surface area contributed by atoms with Crippen LogP contribution in [0, 0.1) is 0 Å². The maximum Gasteiger partial charge on any atom is 0.242 e. The second kappa shape index (κ2) is 9.46. The molecule has 0 radical (unpaired) electrons. The lowest BCUT2D eigenvalue weighted by atomic mass is 10.2. The predicted octanol–water partition coefficient (Wildman–Crippen LogP) is 1.43. The Morgan fingerprint density at radius 1 is 1.31 bits per heavy atom. The molecule has 2 N–H and O–H groups in total. The Morgan fingerprint density at radius 2 is 2.00 bits per heavy atom. The van der Waals surface area contributed by atoms with Crippen molar-refractivity contribution >= 4 is 23.4 Å². The number of hydrogen-bond donors (Lipinski definition) is 2. The predicted molar refractivity (Wildman–Crippen MR) is 65.5 cm³/mol. The van der Waals surface area contributed by atoms with Crippen molar-refractivity contribution in [2.75, 3.05) is 12.4 Å². The number of rotatable bonds is 8. The van der Waals surface area contributed by atoms with Gasteiger partial charge in [-0.25, -0.2) is 0 Å². The average Bonchev–Trinajstić information content (AvgIpc) is 2.26. The van der Waals surface area contributed by atoms with Crippen molar-refractivity contribution in [3.8, 4) is 0 Å². The van der Waals surface area contributed by atoms with E-state index in [1.807, 2.05) is 6.92 Å². The Kier molecular flexibility index (Phi) is 9.00. The standard InChI is InChI=1S/C11H21ClN2O2/c1-3-8-13-11(16)9(2)14-10(15)6-4-5-7-12/h9H,3-8H2,1-2H3,(H,13,16)(H,14,15). The van der Waals surface area contributed by atoms with Crippen LogP contribution in [-0.2, 0) is 9.59 Å². The molecule has 0 aliphatic carbocycles. The lowest BCUT2D eigenvalue weighted by Gasteiger charge is -2.13. The second-order valence-electron chi connectivity index (χ2n) is 3.73. The van der Waals surface area contributed by atoms with Crippen LogP contribution in [0.15, 0.2) is 0 Å². The summed E-state index contributed by atoms with van der Waals surface area (Å²) < 4.78 is 0. The Bertz CT molecular complexity index is 222. The van der Waals surface area contributed by atoms with Gasteiger partial charge in [0.1, 0.15) is 6.04 Å². The smallest absolute Gasteiger partial charge is 0.242 e. The summed E-state index contributed by atoms with van der Waals surface area (Å²) in [5.74, 6) is 0.344. The van der Waals surface area contributed by atoms with Crippen LogP contribution in [0.5, 0.6) is 0 Å². The molecular formula is C11H21ClN2O2. The van der Waals surface area contributed by atoms with Gasteiger partial charge in [-0.2, -0.15) is 0 Å². The summed E-state index contributed by atoms with van der Waals surface area (Å²) >= 11 is 5.50. The van der Waals surface area contributed by atoms with Gasteiger partial charge in [-0.05, 0) is 26.2 Å². The quantitative estimate of drug-likeness (QED) is 0.504. The number of carbonyl (C=O) groups excluding carboxylic acids is 2. The zero-order chi connectivity index (χ0) is 12.4. The van der Waals surface area contributed by atoms with Crippen LogP contribution in [-0.4, -0.2) is 30.3 Å². The molecule has 16 heavy (non-hydrogen) atoms. The largest absolute Gasteiger partial charge is 0.354 e. The first-order chi connectivity index (χ1) is 7.61. The first-order valence-electron chi connectivity index (χ1n) is 5.74. The van der Waals surface area contributed by atoms with Gasteiger partial charge < -0.3 is 10.6 Å². The molecule has 5 heteroatoms.